The zero-order valence-electron chi connectivity index (χ0n) is 25.4. The summed E-state index contributed by atoms with van der Waals surface area (Å²) in [5.74, 6) is 0.301. The van der Waals surface area contributed by atoms with E-state index in [0.29, 0.717) is 46.6 Å². The first kappa shape index (κ1) is 33.2. The van der Waals surface area contributed by atoms with Crippen molar-refractivity contribution < 1.29 is 24.0 Å². The molecule has 4 rings (SSSR count). The number of hydrogen-bond donors (Lipinski definition) is 2. The number of amides is 1. The van der Waals surface area contributed by atoms with Crippen LogP contribution in [0.5, 0.6) is 5.75 Å². The van der Waals surface area contributed by atoms with E-state index in [4.69, 9.17) is 21.1 Å². The van der Waals surface area contributed by atoms with Gasteiger partial charge >= 0.3 is 5.97 Å². The molecule has 0 bridgehead atoms. The quantitative estimate of drug-likeness (QED) is 0.0567. The topological polar surface area (TPSA) is 136 Å². The van der Waals surface area contributed by atoms with Crippen molar-refractivity contribution in [3.05, 3.63) is 111 Å². The number of esters is 1. The highest BCUT2D eigenvalue weighted by Crippen LogP contribution is 2.28. The van der Waals surface area contributed by atoms with Gasteiger partial charge in [-0.15, -0.1) is 0 Å². The van der Waals surface area contributed by atoms with E-state index >= 15 is 0 Å². The number of H-pyrrole nitrogens is 1. The highest BCUT2D eigenvalue weighted by molar-refractivity contribution is 6.30. The molecule has 0 aliphatic heterocycles. The van der Waals surface area contributed by atoms with Crippen molar-refractivity contribution in [1.29, 1.82) is 0 Å². The molecule has 0 fully saturated rings. The van der Waals surface area contributed by atoms with Gasteiger partial charge in [-0.05, 0) is 60.4 Å². The summed E-state index contributed by atoms with van der Waals surface area (Å²) in [6.45, 7) is 4.84. The summed E-state index contributed by atoms with van der Waals surface area (Å²) in [6.07, 6.45) is 5.47. The molecule has 0 aliphatic rings. The van der Waals surface area contributed by atoms with Crippen molar-refractivity contribution in [1.82, 2.24) is 15.3 Å². The van der Waals surface area contributed by atoms with Crippen LogP contribution in [0.3, 0.4) is 0 Å². The number of non-ortho nitro benzene ring substituents is 1. The molecule has 0 saturated heterocycles. The normalized spacial score (nSPS) is 11.5. The summed E-state index contributed by atoms with van der Waals surface area (Å²) >= 11 is 6.01. The van der Waals surface area contributed by atoms with E-state index in [-0.39, 0.29) is 24.4 Å². The Hall–Kier alpha value is -4.70. The van der Waals surface area contributed by atoms with Crippen molar-refractivity contribution in [2.24, 2.45) is 0 Å². The Balaban J connectivity index is 1.63. The van der Waals surface area contributed by atoms with E-state index < -0.39 is 16.9 Å². The lowest BCUT2D eigenvalue weighted by Gasteiger charge is -2.21. The number of nitrogens with zero attached hydrogens (tertiary/aromatic N) is 2. The van der Waals surface area contributed by atoms with Gasteiger partial charge in [-0.25, -0.2) is 9.78 Å². The van der Waals surface area contributed by atoms with Crippen LogP contribution in [0.4, 0.5) is 5.69 Å². The number of imidazole rings is 1. The molecule has 1 unspecified atom stereocenters. The van der Waals surface area contributed by atoms with E-state index in [2.05, 4.69) is 22.2 Å². The SMILES string of the molecule is CCCCOC(=O)c1cc(C(Cc2ncc(-c3ccc([N+](=O)[O-])cc3)[nH]2)NC(=O)Cc2ccc(Cl)cc2)ccc1OCCCC. The van der Waals surface area contributed by atoms with Gasteiger partial charge in [-0.3, -0.25) is 14.9 Å². The number of unbranched alkanes of at least 4 members (excludes halogenated alkanes) is 2. The molecule has 2 N–H and O–H groups in total. The predicted octanol–water partition coefficient (Wildman–Crippen LogP) is 7.42. The van der Waals surface area contributed by atoms with Gasteiger partial charge in [-0.2, -0.15) is 0 Å². The molecule has 1 atom stereocenters. The van der Waals surface area contributed by atoms with Crippen LogP contribution in [0, 0.1) is 10.1 Å². The summed E-state index contributed by atoms with van der Waals surface area (Å²) in [5.41, 5.74) is 3.17. The van der Waals surface area contributed by atoms with Crippen molar-refractivity contribution >= 4 is 29.2 Å². The fraction of sp³-hybridized carbons (Fsp3) is 0.324. The Morgan fingerprint density at radius 2 is 1.71 bits per heavy atom. The lowest BCUT2D eigenvalue weighted by atomic mass is 9.99. The van der Waals surface area contributed by atoms with Crippen LogP contribution in [0.15, 0.2) is 72.9 Å². The molecule has 1 amide bonds. The number of carbonyl (C=O) groups excluding carboxylic acids is 2. The van der Waals surface area contributed by atoms with E-state index in [1.165, 1.54) is 12.1 Å². The molecule has 236 valence electrons. The lowest BCUT2D eigenvalue weighted by molar-refractivity contribution is -0.384. The highest BCUT2D eigenvalue weighted by Gasteiger charge is 2.22. The number of nitro groups is 1. The number of hydrogen-bond acceptors (Lipinski definition) is 7. The third kappa shape index (κ3) is 9.64. The van der Waals surface area contributed by atoms with Crippen molar-refractivity contribution in [2.45, 2.75) is 58.4 Å². The summed E-state index contributed by atoms with van der Waals surface area (Å²) in [4.78, 5) is 44.8. The summed E-state index contributed by atoms with van der Waals surface area (Å²) < 4.78 is 11.5. The fourth-order valence-corrected chi connectivity index (χ4v) is 4.74. The van der Waals surface area contributed by atoms with Crippen LogP contribution in [-0.2, 0) is 22.4 Å². The van der Waals surface area contributed by atoms with E-state index in [1.807, 2.05) is 13.0 Å². The maximum atomic E-state index is 13.3. The molecule has 0 radical (unpaired) electrons. The van der Waals surface area contributed by atoms with Gasteiger partial charge in [0.15, 0.2) is 0 Å². The van der Waals surface area contributed by atoms with Gasteiger partial charge in [0.2, 0.25) is 5.91 Å². The number of carbonyl (C=O) groups is 2. The van der Waals surface area contributed by atoms with Gasteiger partial charge in [0.05, 0.1) is 42.5 Å². The molecule has 45 heavy (non-hydrogen) atoms. The number of nitro benzene ring substituents is 1. The van der Waals surface area contributed by atoms with Crippen LogP contribution < -0.4 is 10.1 Å². The van der Waals surface area contributed by atoms with Crippen LogP contribution in [0.25, 0.3) is 11.3 Å². The molecule has 3 aromatic carbocycles. The Bertz CT molecular complexity index is 1590. The first-order chi connectivity index (χ1) is 21.8. The summed E-state index contributed by atoms with van der Waals surface area (Å²) in [5, 5.41) is 14.7. The number of benzene rings is 3. The zero-order chi connectivity index (χ0) is 32.2. The first-order valence-corrected chi connectivity index (χ1v) is 15.4. The minimum atomic E-state index is -0.562. The average molecular weight is 633 g/mol. The Kier molecular flexibility index (Phi) is 12.1. The maximum Gasteiger partial charge on any atom is 0.341 e. The monoisotopic (exact) mass is 632 g/mol. The fourth-order valence-electron chi connectivity index (χ4n) is 4.62. The minimum absolute atomic E-state index is 0.00639. The predicted molar refractivity (Wildman–Crippen MR) is 172 cm³/mol. The smallest absolute Gasteiger partial charge is 0.341 e. The van der Waals surface area contributed by atoms with Gasteiger partial charge in [-0.1, -0.05) is 56.5 Å². The lowest BCUT2D eigenvalue weighted by Crippen LogP contribution is -2.31. The highest BCUT2D eigenvalue weighted by atomic mass is 35.5. The van der Waals surface area contributed by atoms with E-state index in [0.717, 1.165) is 36.8 Å². The summed E-state index contributed by atoms with van der Waals surface area (Å²) in [6, 6.07) is 17.9. The third-order valence-corrected chi connectivity index (χ3v) is 7.39. The number of nitrogens with one attached hydrogen (secondary N) is 2. The van der Waals surface area contributed by atoms with Crippen molar-refractivity contribution in [2.75, 3.05) is 13.2 Å². The van der Waals surface area contributed by atoms with Crippen molar-refractivity contribution in [3.8, 4) is 17.0 Å². The molecule has 0 saturated carbocycles. The van der Waals surface area contributed by atoms with Gasteiger partial charge in [0, 0.05) is 29.1 Å². The Morgan fingerprint density at radius 1 is 1.00 bits per heavy atom. The second-order valence-corrected chi connectivity index (χ2v) is 11.1. The van der Waals surface area contributed by atoms with Gasteiger partial charge in [0.1, 0.15) is 17.1 Å². The minimum Gasteiger partial charge on any atom is -0.493 e. The standard InChI is InChI=1S/C34H37ClN4O6/c1-3-5-17-44-31-16-11-25(20-28(31)34(41)45-18-6-4-2)29(38-33(40)19-23-7-12-26(35)13-8-23)21-32-36-22-30(37-32)24-9-14-27(15-10-24)39(42)43/h7-16,20,22,29H,3-6,17-19,21H2,1-2H3,(H,36,37)(H,38,40). The molecule has 0 spiro atoms. The molecule has 10 nitrogen and oxygen atoms in total. The van der Waals surface area contributed by atoms with Crippen LogP contribution >= 0.6 is 11.6 Å². The van der Waals surface area contributed by atoms with Crippen molar-refractivity contribution in [3.63, 3.8) is 0 Å². The number of rotatable bonds is 16. The molecule has 4 aromatic rings. The zero-order valence-corrected chi connectivity index (χ0v) is 26.1. The second-order valence-electron chi connectivity index (χ2n) is 10.6. The number of halogens is 1. The van der Waals surface area contributed by atoms with Crippen LogP contribution in [0.1, 0.15) is 72.9 Å². The van der Waals surface area contributed by atoms with E-state index in [9.17, 15) is 19.7 Å². The maximum absolute atomic E-state index is 13.3. The molecular formula is C34H37ClN4O6. The number of aromatic nitrogens is 2. The van der Waals surface area contributed by atoms with Crippen LogP contribution in [-0.4, -0.2) is 40.0 Å². The first-order valence-electron chi connectivity index (χ1n) is 15.0. The van der Waals surface area contributed by atoms with Gasteiger partial charge in [0.25, 0.3) is 5.69 Å². The Morgan fingerprint density at radius 3 is 2.40 bits per heavy atom. The van der Waals surface area contributed by atoms with E-state index in [1.54, 1.807) is 54.7 Å². The summed E-state index contributed by atoms with van der Waals surface area (Å²) in [7, 11) is 0. The number of aromatic amines is 1. The molecular weight excluding hydrogens is 596 g/mol. The third-order valence-electron chi connectivity index (χ3n) is 7.14. The second kappa shape index (κ2) is 16.4. The number of ether oxygens (including phenoxy) is 2. The molecule has 11 heteroatoms. The van der Waals surface area contributed by atoms with Gasteiger partial charge < -0.3 is 19.8 Å². The largest absolute Gasteiger partial charge is 0.493 e. The molecule has 0 aliphatic carbocycles. The Labute approximate surface area is 267 Å². The van der Waals surface area contributed by atoms with Crippen LogP contribution in [0.2, 0.25) is 5.02 Å². The molecule has 1 heterocycles. The average Bonchev–Trinajstić information content (AvgIpc) is 3.51. The molecule has 1 aromatic heterocycles.